The normalized spacial score (nSPS) is 15.3. The highest BCUT2D eigenvalue weighted by atomic mass is 16.2. The summed E-state index contributed by atoms with van der Waals surface area (Å²) in [6.07, 6.45) is 2.92. The summed E-state index contributed by atoms with van der Waals surface area (Å²) in [5, 5.41) is 13.5. The first-order valence-corrected chi connectivity index (χ1v) is 6.63. The van der Waals surface area contributed by atoms with Crippen molar-refractivity contribution in [3.8, 4) is 0 Å². The highest BCUT2D eigenvalue weighted by molar-refractivity contribution is 5.94. The number of aromatic nitrogens is 2. The van der Waals surface area contributed by atoms with Crippen molar-refractivity contribution < 1.29 is 4.79 Å². The first-order valence-electron chi connectivity index (χ1n) is 6.63. The molecule has 1 amide bonds. The van der Waals surface area contributed by atoms with Gasteiger partial charge in [0.05, 0.1) is 0 Å². The minimum Gasteiger partial charge on any atom is -0.346 e. The first kappa shape index (κ1) is 13.1. The van der Waals surface area contributed by atoms with Gasteiger partial charge < -0.3 is 10.6 Å². The second kappa shape index (κ2) is 5.10. The van der Waals surface area contributed by atoms with Gasteiger partial charge >= 0.3 is 0 Å². The largest absolute Gasteiger partial charge is 0.346 e. The topological polar surface area (TPSA) is 69.8 Å². The van der Waals surface area contributed by atoms with Gasteiger partial charge in [0.1, 0.15) is 0 Å². The van der Waals surface area contributed by atoms with Crippen molar-refractivity contribution in [1.82, 2.24) is 20.8 Å². The van der Waals surface area contributed by atoms with E-state index in [1.165, 1.54) is 0 Å². The van der Waals surface area contributed by atoms with Gasteiger partial charge in [0, 0.05) is 36.3 Å². The van der Waals surface area contributed by atoms with Crippen LogP contribution in [0.2, 0.25) is 0 Å². The van der Waals surface area contributed by atoms with Gasteiger partial charge in [-0.25, -0.2) is 0 Å². The Labute approximate surface area is 108 Å². The Morgan fingerprint density at radius 1 is 1.50 bits per heavy atom. The average Bonchev–Trinajstić information content (AvgIpc) is 2.71. The van der Waals surface area contributed by atoms with Gasteiger partial charge in [0.25, 0.3) is 5.91 Å². The fraction of sp³-hybridized carbons (Fsp3) is 0.692. The lowest BCUT2D eigenvalue weighted by molar-refractivity contribution is 0.0902. The van der Waals surface area contributed by atoms with E-state index in [-0.39, 0.29) is 11.4 Å². The molecule has 1 aliphatic heterocycles. The summed E-state index contributed by atoms with van der Waals surface area (Å²) in [6.45, 7) is 7.88. The molecule has 0 bridgehead atoms. The minimum absolute atomic E-state index is 0.0744. The van der Waals surface area contributed by atoms with Crippen LogP contribution in [0.5, 0.6) is 0 Å². The van der Waals surface area contributed by atoms with Crippen LogP contribution in [0.1, 0.15) is 55.4 Å². The molecule has 0 unspecified atom stereocenters. The maximum absolute atomic E-state index is 12.2. The highest BCUT2D eigenvalue weighted by Crippen LogP contribution is 2.17. The monoisotopic (exact) mass is 250 g/mol. The summed E-state index contributed by atoms with van der Waals surface area (Å²) in [5.74, 6) is -0.0744. The Bertz CT molecular complexity index is 436. The van der Waals surface area contributed by atoms with Crippen LogP contribution in [0, 0.1) is 0 Å². The molecule has 0 saturated heterocycles. The van der Waals surface area contributed by atoms with Gasteiger partial charge in [-0.05, 0) is 20.3 Å². The van der Waals surface area contributed by atoms with Crippen molar-refractivity contribution in [2.75, 3.05) is 6.54 Å². The molecular weight excluding hydrogens is 228 g/mol. The van der Waals surface area contributed by atoms with Gasteiger partial charge in [-0.2, -0.15) is 5.10 Å². The van der Waals surface area contributed by atoms with Crippen LogP contribution in [0.4, 0.5) is 0 Å². The predicted molar refractivity (Wildman–Crippen MR) is 70.5 cm³/mol. The Morgan fingerprint density at radius 2 is 2.28 bits per heavy atom. The maximum Gasteiger partial charge on any atom is 0.272 e. The van der Waals surface area contributed by atoms with E-state index in [2.05, 4.69) is 27.8 Å². The van der Waals surface area contributed by atoms with Crippen LogP contribution in [0.15, 0.2) is 0 Å². The van der Waals surface area contributed by atoms with E-state index in [1.807, 2.05) is 13.8 Å². The Hall–Kier alpha value is -1.36. The molecule has 0 aliphatic carbocycles. The van der Waals surface area contributed by atoms with Crippen LogP contribution < -0.4 is 10.6 Å². The van der Waals surface area contributed by atoms with Gasteiger partial charge in [-0.15, -0.1) is 0 Å². The number of aromatic amines is 1. The Kier molecular flexibility index (Phi) is 3.71. The average molecular weight is 250 g/mol. The van der Waals surface area contributed by atoms with Crippen LogP contribution in [0.25, 0.3) is 0 Å². The summed E-state index contributed by atoms with van der Waals surface area (Å²) < 4.78 is 0. The quantitative estimate of drug-likeness (QED) is 0.756. The number of nitrogens with one attached hydrogen (secondary N) is 3. The number of fused-ring (bicyclic) bond motifs is 1. The smallest absolute Gasteiger partial charge is 0.272 e. The molecule has 1 aromatic rings. The number of nitrogens with zero attached hydrogens (tertiary/aromatic N) is 1. The van der Waals surface area contributed by atoms with E-state index in [1.54, 1.807) is 0 Å². The van der Waals surface area contributed by atoms with Gasteiger partial charge in [-0.3, -0.25) is 9.89 Å². The standard InChI is InChI=1S/C13H22N4O/c1-4-6-13(2,3)15-12(18)11-9-8-14-7-5-10(9)16-17-11/h14H,4-8H2,1-3H3,(H,15,18)(H,16,17). The van der Waals surface area contributed by atoms with Crippen molar-refractivity contribution in [2.24, 2.45) is 0 Å². The molecule has 5 nitrogen and oxygen atoms in total. The first-order chi connectivity index (χ1) is 8.53. The summed E-state index contributed by atoms with van der Waals surface area (Å²) in [4.78, 5) is 12.2. The summed E-state index contributed by atoms with van der Waals surface area (Å²) in [6, 6.07) is 0. The molecule has 1 aromatic heterocycles. The minimum atomic E-state index is -0.181. The molecule has 0 radical (unpaired) electrons. The molecule has 18 heavy (non-hydrogen) atoms. The second-order valence-electron chi connectivity index (χ2n) is 5.54. The zero-order chi connectivity index (χ0) is 13.2. The number of carbonyl (C=O) groups is 1. The highest BCUT2D eigenvalue weighted by Gasteiger charge is 2.25. The molecule has 2 rings (SSSR count). The van der Waals surface area contributed by atoms with Gasteiger partial charge in [-0.1, -0.05) is 13.3 Å². The Balaban J connectivity index is 2.12. The predicted octanol–water partition coefficient (Wildman–Crippen LogP) is 1.36. The van der Waals surface area contributed by atoms with Crippen molar-refractivity contribution in [2.45, 2.75) is 52.1 Å². The van der Waals surface area contributed by atoms with E-state index in [0.717, 1.165) is 43.6 Å². The van der Waals surface area contributed by atoms with Crippen LogP contribution in [-0.2, 0) is 13.0 Å². The lowest BCUT2D eigenvalue weighted by atomic mass is 9.98. The third-order valence-corrected chi connectivity index (χ3v) is 3.35. The Morgan fingerprint density at radius 3 is 3.00 bits per heavy atom. The van der Waals surface area contributed by atoms with Crippen molar-refractivity contribution >= 4 is 5.91 Å². The van der Waals surface area contributed by atoms with E-state index in [9.17, 15) is 4.79 Å². The third-order valence-electron chi connectivity index (χ3n) is 3.35. The molecule has 3 N–H and O–H groups in total. The third kappa shape index (κ3) is 2.72. The van der Waals surface area contributed by atoms with Crippen molar-refractivity contribution in [1.29, 1.82) is 0 Å². The summed E-state index contributed by atoms with van der Waals surface area (Å²) in [7, 11) is 0. The van der Waals surface area contributed by atoms with Gasteiger partial charge in [0.2, 0.25) is 0 Å². The molecule has 2 heterocycles. The molecule has 0 saturated carbocycles. The summed E-state index contributed by atoms with van der Waals surface area (Å²) >= 11 is 0. The molecule has 5 heteroatoms. The van der Waals surface area contributed by atoms with E-state index in [0.29, 0.717) is 5.69 Å². The lowest BCUT2D eigenvalue weighted by Crippen LogP contribution is -2.43. The molecule has 0 atom stereocenters. The number of rotatable bonds is 4. The summed E-state index contributed by atoms with van der Waals surface area (Å²) in [5.41, 5.74) is 2.47. The second-order valence-corrected chi connectivity index (χ2v) is 5.54. The fourth-order valence-electron chi connectivity index (χ4n) is 2.47. The van der Waals surface area contributed by atoms with E-state index >= 15 is 0 Å². The zero-order valence-corrected chi connectivity index (χ0v) is 11.4. The number of amides is 1. The number of hydrogen-bond donors (Lipinski definition) is 3. The van der Waals surface area contributed by atoms with Gasteiger partial charge in [0.15, 0.2) is 5.69 Å². The van der Waals surface area contributed by atoms with Crippen LogP contribution in [-0.4, -0.2) is 28.2 Å². The number of hydrogen-bond acceptors (Lipinski definition) is 3. The molecule has 1 aliphatic rings. The number of H-pyrrole nitrogens is 1. The van der Waals surface area contributed by atoms with E-state index < -0.39 is 0 Å². The molecular formula is C13H22N4O. The fourth-order valence-corrected chi connectivity index (χ4v) is 2.47. The van der Waals surface area contributed by atoms with E-state index in [4.69, 9.17) is 0 Å². The van der Waals surface area contributed by atoms with Crippen LogP contribution in [0.3, 0.4) is 0 Å². The zero-order valence-electron chi connectivity index (χ0n) is 11.4. The van der Waals surface area contributed by atoms with Crippen LogP contribution >= 0.6 is 0 Å². The lowest BCUT2D eigenvalue weighted by Gasteiger charge is -2.25. The molecule has 100 valence electrons. The maximum atomic E-state index is 12.2. The SMILES string of the molecule is CCCC(C)(C)NC(=O)c1n[nH]c2c1CNCC2. The molecule has 0 fully saturated rings. The van der Waals surface area contributed by atoms with Crippen molar-refractivity contribution in [3.63, 3.8) is 0 Å². The molecule has 0 aromatic carbocycles. The van der Waals surface area contributed by atoms with Crippen molar-refractivity contribution in [3.05, 3.63) is 17.0 Å². The number of carbonyl (C=O) groups excluding carboxylic acids is 1. The molecule has 0 spiro atoms.